The van der Waals surface area contributed by atoms with E-state index in [9.17, 15) is 18.0 Å². The summed E-state index contributed by atoms with van der Waals surface area (Å²) < 4.78 is 42.9. The zero-order valence-corrected chi connectivity index (χ0v) is 27.0. The molecule has 1 aliphatic heterocycles. The Morgan fingerprint density at radius 1 is 1.02 bits per heavy atom. The minimum atomic E-state index is -4.75. The topological polar surface area (TPSA) is 84.6 Å². The number of hydrogen-bond acceptors (Lipinski definition) is 5. The molecule has 0 atom stereocenters. The lowest BCUT2D eigenvalue weighted by Crippen LogP contribution is -2.36. The molecule has 3 aromatic carbocycles. The highest BCUT2D eigenvalue weighted by Crippen LogP contribution is 2.34. The van der Waals surface area contributed by atoms with Crippen molar-refractivity contribution < 1.29 is 22.7 Å². The number of aromatic nitrogens is 3. The summed E-state index contributed by atoms with van der Waals surface area (Å²) in [6.45, 7) is 5.09. The molecule has 2 aliphatic rings. The van der Waals surface area contributed by atoms with Crippen LogP contribution in [-0.4, -0.2) is 44.6 Å². The van der Waals surface area contributed by atoms with E-state index in [0.29, 0.717) is 11.5 Å². The summed E-state index contributed by atoms with van der Waals surface area (Å²) in [4.78, 5) is 24.4. The summed E-state index contributed by atoms with van der Waals surface area (Å²) in [6.07, 6.45) is 2.35. The predicted molar refractivity (Wildman–Crippen MR) is 180 cm³/mol. The van der Waals surface area contributed by atoms with Gasteiger partial charge in [0.05, 0.1) is 5.69 Å². The van der Waals surface area contributed by atoms with Crippen LogP contribution < -0.4 is 15.0 Å². The number of carbonyl (C=O) groups is 1. The molecule has 0 unspecified atom stereocenters. The molecule has 12 heteroatoms. The van der Waals surface area contributed by atoms with Crippen molar-refractivity contribution in [3.63, 3.8) is 0 Å². The minimum Gasteiger partial charge on any atom is -0.406 e. The fraction of sp³-hybridized carbons (Fsp3) is 0.314. The molecule has 8 nitrogen and oxygen atoms in total. The van der Waals surface area contributed by atoms with Crippen molar-refractivity contribution in [2.24, 2.45) is 4.99 Å². The van der Waals surface area contributed by atoms with Crippen molar-refractivity contribution in [3.05, 3.63) is 95.4 Å². The molecule has 1 N–H and O–H groups in total. The van der Waals surface area contributed by atoms with Crippen LogP contribution >= 0.6 is 11.8 Å². The molecule has 0 bridgehead atoms. The van der Waals surface area contributed by atoms with Crippen LogP contribution in [0.2, 0.25) is 0 Å². The Kier molecular flexibility index (Phi) is 9.67. The second kappa shape index (κ2) is 14.0. The molecular weight excluding hydrogens is 625 g/mol. The minimum absolute atomic E-state index is 0.306. The Balaban J connectivity index is 1.16. The molecule has 2 amide bonds. The second-order valence-corrected chi connectivity index (χ2v) is 12.6. The Hall–Kier alpha value is -4.58. The van der Waals surface area contributed by atoms with Gasteiger partial charge in [-0.05, 0) is 91.6 Å². The number of amidine groups is 1. The number of hydrogen-bond donors (Lipinski definition) is 1. The maximum absolute atomic E-state index is 13.3. The number of carbonyl (C=O) groups excluding carboxylic acids is 1. The number of aliphatic imine (C=N–C) groups is 1. The Bertz CT molecular complexity index is 1800. The average Bonchev–Trinajstić information content (AvgIpc) is 3.73. The molecule has 0 radical (unpaired) electrons. The molecule has 1 fully saturated rings. The van der Waals surface area contributed by atoms with Crippen molar-refractivity contribution >= 4 is 34.2 Å². The van der Waals surface area contributed by atoms with Gasteiger partial charge in [-0.2, -0.15) is 4.99 Å². The molecule has 244 valence electrons. The number of benzene rings is 3. The fourth-order valence-electron chi connectivity index (χ4n) is 5.87. The Morgan fingerprint density at radius 3 is 2.53 bits per heavy atom. The highest BCUT2D eigenvalue weighted by atomic mass is 32.2. The number of allylic oxidation sites excluding steroid dienone is 2. The number of thioether (sulfide) groups is 1. The predicted octanol–water partition coefficient (Wildman–Crippen LogP) is 8.70. The van der Waals surface area contributed by atoms with Gasteiger partial charge in [-0.3, -0.25) is 0 Å². The Labute approximate surface area is 275 Å². The van der Waals surface area contributed by atoms with Gasteiger partial charge in [0.1, 0.15) is 12.1 Å². The normalized spacial score (nSPS) is 16.2. The van der Waals surface area contributed by atoms with Crippen molar-refractivity contribution in [2.45, 2.75) is 58.7 Å². The van der Waals surface area contributed by atoms with Gasteiger partial charge in [-0.25, -0.2) is 14.5 Å². The third-order valence-corrected chi connectivity index (χ3v) is 9.09. The largest absolute Gasteiger partial charge is 0.573 e. The van der Waals surface area contributed by atoms with Gasteiger partial charge in [0.15, 0.2) is 11.0 Å². The van der Waals surface area contributed by atoms with Crippen LogP contribution in [0.15, 0.2) is 83.7 Å². The molecule has 47 heavy (non-hydrogen) atoms. The van der Waals surface area contributed by atoms with E-state index >= 15 is 0 Å². The summed E-state index contributed by atoms with van der Waals surface area (Å²) in [5.41, 5.74) is 7.91. The highest BCUT2D eigenvalue weighted by molar-refractivity contribution is 8.14. The monoisotopic (exact) mass is 660 g/mol. The number of urea groups is 1. The van der Waals surface area contributed by atoms with E-state index < -0.39 is 6.36 Å². The molecule has 4 aromatic rings. The second-order valence-electron chi connectivity index (χ2n) is 11.5. The average molecular weight is 661 g/mol. The van der Waals surface area contributed by atoms with Crippen LogP contribution in [0, 0.1) is 6.92 Å². The summed E-state index contributed by atoms with van der Waals surface area (Å²) in [5.74, 6) is 1.09. The van der Waals surface area contributed by atoms with E-state index in [0.717, 1.165) is 84.1 Å². The first-order chi connectivity index (χ1) is 22.7. The van der Waals surface area contributed by atoms with Gasteiger partial charge in [0.2, 0.25) is 0 Å². The third kappa shape index (κ3) is 7.87. The van der Waals surface area contributed by atoms with Crippen molar-refractivity contribution in [1.82, 2.24) is 20.1 Å². The molecule has 0 spiro atoms. The summed E-state index contributed by atoms with van der Waals surface area (Å²) in [6, 6.07) is 19.4. The molecule has 1 saturated heterocycles. The van der Waals surface area contributed by atoms with Gasteiger partial charge in [0, 0.05) is 29.2 Å². The van der Waals surface area contributed by atoms with Gasteiger partial charge in [0.25, 0.3) is 0 Å². The van der Waals surface area contributed by atoms with Crippen LogP contribution in [0.25, 0.3) is 22.6 Å². The standard InChI is InChI=1S/C35H35F3N6O2S/c1-3-6-25-10-9-23(2)21-31(25)43-19-5-20-47-34(43)41-33(45)40-30-8-4-7-29(30)24-11-13-26(14-12-24)32-39-22-44(42-32)27-15-17-28(18-16-27)46-35(36,37)38/h9-18,21-22H,3-8,19-20H2,1-2H3,(H,40,45)/b41-34-. The molecule has 1 aliphatic carbocycles. The number of halogens is 3. The SMILES string of the molecule is CCCc1ccc(C)cc1N1CCCS/C1=N\C(=O)NC1=C(c2ccc(-c3ncn(-c4ccc(OC(F)(F)F)cc4)n3)cc2)CCC1. The number of ether oxygens (including phenoxy) is 1. The number of nitrogens with one attached hydrogen (secondary N) is 1. The van der Waals surface area contributed by atoms with E-state index in [-0.39, 0.29) is 11.8 Å². The zero-order valence-electron chi connectivity index (χ0n) is 26.2. The first-order valence-corrected chi connectivity index (χ1v) is 16.7. The Morgan fingerprint density at radius 2 is 1.79 bits per heavy atom. The van der Waals surface area contributed by atoms with Crippen LogP contribution in [0.5, 0.6) is 5.75 Å². The summed E-state index contributed by atoms with van der Waals surface area (Å²) >= 11 is 1.62. The van der Waals surface area contributed by atoms with E-state index in [1.807, 2.05) is 24.3 Å². The van der Waals surface area contributed by atoms with Crippen LogP contribution in [0.1, 0.15) is 55.7 Å². The number of aryl methyl sites for hydroxylation is 2. The molecule has 2 heterocycles. The molecule has 0 saturated carbocycles. The lowest BCUT2D eigenvalue weighted by Gasteiger charge is -2.31. The molecule has 1 aromatic heterocycles. The quantitative estimate of drug-likeness (QED) is 0.204. The molecule has 6 rings (SSSR count). The van der Waals surface area contributed by atoms with Gasteiger partial charge in [-0.15, -0.1) is 18.3 Å². The van der Waals surface area contributed by atoms with E-state index in [2.05, 4.69) is 62.1 Å². The molecular formula is C35H35F3N6O2S. The third-order valence-electron chi connectivity index (χ3n) is 8.03. The number of anilines is 1. The van der Waals surface area contributed by atoms with E-state index in [1.165, 1.54) is 46.4 Å². The van der Waals surface area contributed by atoms with Crippen LogP contribution in [0.3, 0.4) is 0 Å². The lowest BCUT2D eigenvalue weighted by molar-refractivity contribution is -0.274. The maximum Gasteiger partial charge on any atom is 0.573 e. The smallest absolute Gasteiger partial charge is 0.406 e. The highest BCUT2D eigenvalue weighted by Gasteiger charge is 2.31. The van der Waals surface area contributed by atoms with E-state index in [1.54, 1.807) is 11.8 Å². The van der Waals surface area contributed by atoms with Gasteiger partial charge >= 0.3 is 12.4 Å². The first-order valence-electron chi connectivity index (χ1n) is 15.7. The van der Waals surface area contributed by atoms with Crippen molar-refractivity contribution in [1.29, 1.82) is 0 Å². The number of alkyl halides is 3. The summed E-state index contributed by atoms with van der Waals surface area (Å²) in [5, 5.41) is 8.32. The number of rotatable bonds is 8. The zero-order chi connectivity index (χ0) is 33.0. The van der Waals surface area contributed by atoms with Gasteiger partial charge < -0.3 is 15.0 Å². The first kappa shape index (κ1) is 32.4. The van der Waals surface area contributed by atoms with Gasteiger partial charge in [-0.1, -0.05) is 61.5 Å². The van der Waals surface area contributed by atoms with E-state index in [4.69, 9.17) is 0 Å². The lowest BCUT2D eigenvalue weighted by atomic mass is 10.0. The number of nitrogens with zero attached hydrogens (tertiary/aromatic N) is 5. The maximum atomic E-state index is 13.3. The van der Waals surface area contributed by atoms with Crippen molar-refractivity contribution in [3.8, 4) is 22.8 Å². The van der Waals surface area contributed by atoms with Crippen LogP contribution in [-0.2, 0) is 6.42 Å². The van der Waals surface area contributed by atoms with Crippen molar-refractivity contribution in [2.75, 3.05) is 17.2 Å². The summed E-state index contributed by atoms with van der Waals surface area (Å²) in [7, 11) is 0. The fourth-order valence-corrected chi connectivity index (χ4v) is 6.82. The number of amides is 2. The van der Waals surface area contributed by atoms with Crippen LogP contribution in [0.4, 0.5) is 23.7 Å².